The van der Waals surface area contributed by atoms with E-state index >= 15 is 0 Å². The molecule has 0 aliphatic carbocycles. The summed E-state index contributed by atoms with van der Waals surface area (Å²) >= 11 is 0. The average molecular weight is 270 g/mol. The van der Waals surface area contributed by atoms with Crippen LogP contribution in [0.3, 0.4) is 0 Å². The Morgan fingerprint density at radius 3 is 1.95 bits per heavy atom. The van der Waals surface area contributed by atoms with E-state index in [9.17, 15) is 25.0 Å². The third-order valence-electron chi connectivity index (χ3n) is 2.28. The summed E-state index contributed by atoms with van der Waals surface area (Å²) in [6.07, 6.45) is -0.303. The Kier molecular flexibility index (Phi) is 4.35. The molecular formula is C10H10N2O7. The molecule has 1 aromatic rings. The van der Waals surface area contributed by atoms with E-state index in [1.165, 1.54) is 0 Å². The smallest absolute Gasteiger partial charge is 0.318 e. The van der Waals surface area contributed by atoms with E-state index in [1.807, 2.05) is 0 Å². The molecule has 0 aromatic heterocycles. The maximum absolute atomic E-state index is 11.1. The monoisotopic (exact) mass is 270 g/mol. The molecule has 0 saturated heterocycles. The largest absolute Gasteiger partial charge is 0.485 e. The summed E-state index contributed by atoms with van der Waals surface area (Å²) in [7, 11) is 2.24. The van der Waals surface area contributed by atoms with Crippen molar-refractivity contribution >= 4 is 17.3 Å². The highest BCUT2D eigenvalue weighted by molar-refractivity contribution is 5.74. The number of nitro benzene ring substituents is 2. The van der Waals surface area contributed by atoms with Gasteiger partial charge in [-0.25, -0.2) is 0 Å². The van der Waals surface area contributed by atoms with Crippen molar-refractivity contribution in [3.05, 3.63) is 37.9 Å². The van der Waals surface area contributed by atoms with Gasteiger partial charge in [-0.15, -0.1) is 0 Å². The van der Waals surface area contributed by atoms with E-state index in [1.54, 1.807) is 0 Å². The van der Waals surface area contributed by atoms with E-state index < -0.39 is 32.9 Å². The maximum Gasteiger partial charge on any atom is 0.318 e. The molecule has 1 rings (SSSR count). The fourth-order valence-corrected chi connectivity index (χ4v) is 1.48. The van der Waals surface area contributed by atoms with Crippen LogP contribution in [0.2, 0.25) is 0 Å². The van der Waals surface area contributed by atoms with Crippen LogP contribution in [0.5, 0.6) is 5.75 Å². The topological polar surface area (TPSA) is 122 Å². The molecule has 1 aromatic carbocycles. The first kappa shape index (κ1) is 14.4. The number of carbonyl (C=O) groups excluding carboxylic acids is 1. The molecule has 9 nitrogen and oxygen atoms in total. The van der Waals surface area contributed by atoms with Crippen molar-refractivity contribution in [2.75, 3.05) is 14.2 Å². The number of hydrogen-bond donors (Lipinski definition) is 0. The summed E-state index contributed by atoms with van der Waals surface area (Å²) in [4.78, 5) is 31.2. The minimum atomic E-state index is -0.813. The number of esters is 1. The summed E-state index contributed by atoms with van der Waals surface area (Å²) in [5.74, 6) is -1.11. The molecule has 0 atom stereocenters. The number of ether oxygens (including phenoxy) is 2. The van der Waals surface area contributed by atoms with E-state index in [4.69, 9.17) is 0 Å². The Balaban J connectivity index is 3.41. The van der Waals surface area contributed by atoms with Gasteiger partial charge in [0, 0.05) is 12.1 Å². The van der Waals surface area contributed by atoms with Crippen molar-refractivity contribution in [2.45, 2.75) is 6.42 Å². The Labute approximate surface area is 107 Å². The molecule has 0 aliphatic rings. The molecule has 0 spiro atoms. The van der Waals surface area contributed by atoms with Gasteiger partial charge in [0.2, 0.25) is 0 Å². The van der Waals surface area contributed by atoms with Crippen molar-refractivity contribution in [2.24, 2.45) is 0 Å². The Bertz CT molecular complexity index is 506. The number of methoxy groups -OCH3 is 2. The first-order valence-corrected chi connectivity index (χ1v) is 4.97. The minimum absolute atomic E-state index is 0.103. The molecule has 0 saturated carbocycles. The lowest BCUT2D eigenvalue weighted by atomic mass is 10.1. The fraction of sp³-hybridized carbons (Fsp3) is 0.300. The molecule has 9 heteroatoms. The summed E-state index contributed by atoms with van der Waals surface area (Å²) < 4.78 is 9.09. The quantitative estimate of drug-likeness (QED) is 0.447. The van der Waals surface area contributed by atoms with Gasteiger partial charge < -0.3 is 9.47 Å². The van der Waals surface area contributed by atoms with Crippen LogP contribution in [0.15, 0.2) is 12.1 Å². The van der Waals surface area contributed by atoms with Crippen LogP contribution >= 0.6 is 0 Å². The van der Waals surface area contributed by atoms with Crippen LogP contribution in [0.4, 0.5) is 11.4 Å². The molecular weight excluding hydrogens is 260 g/mol. The van der Waals surface area contributed by atoms with Crippen molar-refractivity contribution in [3.8, 4) is 5.75 Å². The normalized spacial score (nSPS) is 9.79. The van der Waals surface area contributed by atoms with Crippen LogP contribution in [-0.2, 0) is 16.0 Å². The molecule has 0 fully saturated rings. The van der Waals surface area contributed by atoms with Gasteiger partial charge in [0.1, 0.15) is 0 Å². The lowest BCUT2D eigenvalue weighted by Gasteiger charge is -2.05. The third-order valence-corrected chi connectivity index (χ3v) is 2.28. The summed E-state index contributed by atoms with van der Waals surface area (Å²) in [6.45, 7) is 0. The van der Waals surface area contributed by atoms with Crippen LogP contribution in [-0.4, -0.2) is 30.0 Å². The second-order valence-corrected chi connectivity index (χ2v) is 3.43. The SMILES string of the molecule is COC(=O)Cc1cc([N+](=O)[O-])c(OC)c([N+](=O)[O-])c1. The van der Waals surface area contributed by atoms with Crippen LogP contribution in [0.1, 0.15) is 5.56 Å². The predicted octanol–water partition coefficient (Wildman–Crippen LogP) is 1.23. The zero-order valence-electron chi connectivity index (χ0n) is 10.1. The van der Waals surface area contributed by atoms with Gasteiger partial charge in [0.05, 0.1) is 30.5 Å². The molecule has 0 unspecified atom stereocenters. The van der Waals surface area contributed by atoms with E-state index in [-0.39, 0.29) is 12.0 Å². The molecule has 0 bridgehead atoms. The van der Waals surface area contributed by atoms with E-state index in [2.05, 4.69) is 9.47 Å². The molecule has 102 valence electrons. The molecule has 0 heterocycles. The number of benzene rings is 1. The molecule has 0 aliphatic heterocycles. The van der Waals surface area contributed by atoms with Crippen molar-refractivity contribution in [3.63, 3.8) is 0 Å². The van der Waals surface area contributed by atoms with Gasteiger partial charge in [-0.05, 0) is 5.56 Å². The summed E-state index contributed by atoms with van der Waals surface area (Å²) in [6, 6.07) is 2.09. The van der Waals surface area contributed by atoms with Crippen LogP contribution in [0, 0.1) is 20.2 Å². The number of hydrogen-bond acceptors (Lipinski definition) is 7. The number of rotatable bonds is 5. The van der Waals surface area contributed by atoms with Gasteiger partial charge in [0.15, 0.2) is 0 Å². The number of nitro groups is 2. The van der Waals surface area contributed by atoms with Gasteiger partial charge in [0.25, 0.3) is 5.75 Å². The first-order chi connectivity index (χ1) is 8.90. The standard InChI is InChI=1S/C10H10N2O7/c1-18-9(13)5-6-3-7(11(14)15)10(19-2)8(4-6)12(16)17/h3-4H,5H2,1-2H3. The fourth-order valence-electron chi connectivity index (χ4n) is 1.48. The zero-order chi connectivity index (χ0) is 14.6. The summed E-state index contributed by atoms with van der Waals surface area (Å²) in [5.41, 5.74) is -1.04. The molecule has 19 heavy (non-hydrogen) atoms. The molecule has 0 amide bonds. The Morgan fingerprint density at radius 2 is 1.63 bits per heavy atom. The van der Waals surface area contributed by atoms with Crippen LogP contribution in [0.25, 0.3) is 0 Å². The highest BCUT2D eigenvalue weighted by Crippen LogP contribution is 2.37. The minimum Gasteiger partial charge on any atom is -0.485 e. The molecule has 0 radical (unpaired) electrons. The van der Waals surface area contributed by atoms with Crippen molar-refractivity contribution < 1.29 is 24.1 Å². The van der Waals surface area contributed by atoms with Gasteiger partial charge in [-0.2, -0.15) is 0 Å². The predicted molar refractivity (Wildman–Crippen MR) is 62.0 cm³/mol. The van der Waals surface area contributed by atoms with E-state index in [0.29, 0.717) is 0 Å². The third kappa shape index (κ3) is 3.15. The van der Waals surface area contributed by atoms with Gasteiger partial charge >= 0.3 is 17.3 Å². The first-order valence-electron chi connectivity index (χ1n) is 4.97. The zero-order valence-corrected chi connectivity index (χ0v) is 10.1. The lowest BCUT2D eigenvalue weighted by Crippen LogP contribution is -2.06. The van der Waals surface area contributed by atoms with Crippen molar-refractivity contribution in [1.29, 1.82) is 0 Å². The molecule has 0 N–H and O–H groups in total. The lowest BCUT2D eigenvalue weighted by molar-refractivity contribution is -0.395. The Morgan fingerprint density at radius 1 is 1.16 bits per heavy atom. The second kappa shape index (κ2) is 5.76. The van der Waals surface area contributed by atoms with Crippen LogP contribution < -0.4 is 4.74 Å². The summed E-state index contributed by atoms with van der Waals surface area (Å²) in [5, 5.41) is 21.7. The number of carbonyl (C=O) groups is 1. The van der Waals surface area contributed by atoms with E-state index in [0.717, 1.165) is 26.4 Å². The highest BCUT2D eigenvalue weighted by atomic mass is 16.6. The number of nitrogens with zero attached hydrogens (tertiary/aromatic N) is 2. The van der Waals surface area contributed by atoms with Gasteiger partial charge in [-0.1, -0.05) is 0 Å². The maximum atomic E-state index is 11.1. The second-order valence-electron chi connectivity index (χ2n) is 3.43. The highest BCUT2D eigenvalue weighted by Gasteiger charge is 2.28. The van der Waals surface area contributed by atoms with Crippen molar-refractivity contribution in [1.82, 2.24) is 0 Å². The Hall–Kier alpha value is -2.71. The average Bonchev–Trinajstić information content (AvgIpc) is 2.37. The van der Waals surface area contributed by atoms with Gasteiger partial charge in [-0.3, -0.25) is 25.0 Å².